The topological polar surface area (TPSA) is 91.3 Å². The third kappa shape index (κ3) is 8.55. The lowest BCUT2D eigenvalue weighted by molar-refractivity contribution is -0.128. The SMILES string of the molecule is C=N/C=C(\C=C/C)C(C(=O)NC1CCCCC1)N(C(=O)C1CCCN1C(=O)OC(C)(C)C)c1ccc(C(C)(C)C)cc1. The van der Waals surface area contributed by atoms with E-state index in [4.69, 9.17) is 4.74 Å². The van der Waals surface area contributed by atoms with Crippen molar-refractivity contribution in [1.82, 2.24) is 10.2 Å². The standard InChI is InChI=1S/C34H50N4O4/c1-9-14-24(23-35-8)29(30(39)36-26-15-11-10-12-16-26)38(27-20-18-25(19-21-27)33(2,3)4)31(40)28-17-13-22-37(28)32(41)42-34(5,6)7/h9,14,18-21,23,26,28-29H,8,10-13,15-17,22H2,1-7H3,(H,36,39)/b14-9-,24-23+. The molecule has 2 unspecified atom stereocenters. The van der Waals surface area contributed by atoms with Crippen molar-refractivity contribution in [3.05, 3.63) is 53.8 Å². The van der Waals surface area contributed by atoms with Crippen molar-refractivity contribution in [2.24, 2.45) is 4.99 Å². The zero-order chi connectivity index (χ0) is 31.1. The molecule has 1 N–H and O–H groups in total. The number of rotatable bonds is 8. The molecule has 1 aliphatic carbocycles. The molecule has 2 fully saturated rings. The number of benzene rings is 1. The number of likely N-dealkylation sites (tertiary alicyclic amines) is 1. The van der Waals surface area contributed by atoms with Crippen molar-refractivity contribution in [2.75, 3.05) is 11.4 Å². The average Bonchev–Trinajstić information content (AvgIpc) is 3.41. The van der Waals surface area contributed by atoms with Crippen molar-refractivity contribution in [3.8, 4) is 0 Å². The van der Waals surface area contributed by atoms with Gasteiger partial charge in [0.1, 0.15) is 17.7 Å². The number of aliphatic imine (C=N–C) groups is 1. The molecule has 2 atom stereocenters. The molecule has 0 bridgehead atoms. The summed E-state index contributed by atoms with van der Waals surface area (Å²) in [5.74, 6) is -0.602. The molecule has 1 aromatic rings. The van der Waals surface area contributed by atoms with Crippen molar-refractivity contribution >= 4 is 30.3 Å². The summed E-state index contributed by atoms with van der Waals surface area (Å²) < 4.78 is 5.66. The summed E-state index contributed by atoms with van der Waals surface area (Å²) in [5.41, 5.74) is 1.43. The smallest absolute Gasteiger partial charge is 0.410 e. The van der Waals surface area contributed by atoms with E-state index in [9.17, 15) is 14.4 Å². The Hall–Kier alpha value is -3.42. The van der Waals surface area contributed by atoms with Gasteiger partial charge < -0.3 is 10.1 Å². The number of ether oxygens (including phenoxy) is 1. The lowest BCUT2D eigenvalue weighted by Crippen LogP contribution is -2.57. The van der Waals surface area contributed by atoms with E-state index < -0.39 is 23.8 Å². The minimum atomic E-state index is -1.01. The Bertz CT molecular complexity index is 1170. The van der Waals surface area contributed by atoms with E-state index in [0.717, 1.165) is 37.7 Å². The molecule has 230 valence electrons. The Morgan fingerprint density at radius 2 is 1.67 bits per heavy atom. The maximum Gasteiger partial charge on any atom is 0.410 e. The van der Waals surface area contributed by atoms with Crippen molar-refractivity contribution in [3.63, 3.8) is 0 Å². The van der Waals surface area contributed by atoms with Crippen LogP contribution in [0.15, 0.2) is 53.2 Å². The van der Waals surface area contributed by atoms with Gasteiger partial charge in [-0.15, -0.1) is 0 Å². The Balaban J connectivity index is 2.13. The molecule has 42 heavy (non-hydrogen) atoms. The summed E-state index contributed by atoms with van der Waals surface area (Å²) in [5, 5.41) is 3.24. The van der Waals surface area contributed by atoms with Gasteiger partial charge in [-0.2, -0.15) is 0 Å². The number of nitrogens with one attached hydrogen (secondary N) is 1. The fourth-order valence-corrected chi connectivity index (χ4v) is 5.70. The lowest BCUT2D eigenvalue weighted by atomic mass is 9.87. The second-order valence-corrected chi connectivity index (χ2v) is 13.4. The van der Waals surface area contributed by atoms with Crippen molar-refractivity contribution in [2.45, 2.75) is 123 Å². The van der Waals surface area contributed by atoms with Crippen molar-refractivity contribution < 1.29 is 19.1 Å². The van der Waals surface area contributed by atoms with E-state index >= 15 is 0 Å². The quantitative estimate of drug-likeness (QED) is 0.275. The number of allylic oxidation sites excluding steroid dienone is 1. The average molecular weight is 579 g/mol. The van der Waals surface area contributed by atoms with E-state index in [-0.39, 0.29) is 23.3 Å². The first-order valence-electron chi connectivity index (χ1n) is 15.3. The Kier molecular flexibility index (Phi) is 11.2. The fraction of sp³-hybridized carbons (Fsp3) is 0.588. The second-order valence-electron chi connectivity index (χ2n) is 13.4. The normalized spacial score (nSPS) is 19.5. The Labute approximate surface area is 252 Å². The van der Waals surface area contributed by atoms with Crippen LogP contribution in [0.25, 0.3) is 0 Å². The molecule has 0 spiro atoms. The molecule has 3 amide bonds. The van der Waals surface area contributed by atoms with E-state index in [0.29, 0.717) is 30.6 Å². The van der Waals surface area contributed by atoms with Gasteiger partial charge in [-0.3, -0.25) is 24.4 Å². The van der Waals surface area contributed by atoms with E-state index in [2.05, 4.69) is 37.8 Å². The molecular weight excluding hydrogens is 528 g/mol. The minimum absolute atomic E-state index is 0.0438. The molecule has 1 aromatic carbocycles. The highest BCUT2D eigenvalue weighted by Crippen LogP contribution is 2.31. The molecule has 8 nitrogen and oxygen atoms in total. The number of carbonyl (C=O) groups excluding carboxylic acids is 3. The first-order chi connectivity index (χ1) is 19.8. The number of amides is 3. The van der Waals surface area contributed by atoms with Gasteiger partial charge >= 0.3 is 6.09 Å². The van der Waals surface area contributed by atoms with Gasteiger partial charge in [-0.05, 0) is 83.2 Å². The summed E-state index contributed by atoms with van der Waals surface area (Å²) in [7, 11) is 0. The summed E-state index contributed by atoms with van der Waals surface area (Å²) in [6.07, 6.45) is 10.9. The Morgan fingerprint density at radius 1 is 1.02 bits per heavy atom. The number of hydrogen-bond donors (Lipinski definition) is 1. The highest BCUT2D eigenvalue weighted by molar-refractivity contribution is 6.06. The summed E-state index contributed by atoms with van der Waals surface area (Å²) in [6, 6.07) is 6.04. The summed E-state index contributed by atoms with van der Waals surface area (Å²) in [4.78, 5) is 49.1. The molecule has 1 saturated carbocycles. The van der Waals surface area contributed by atoms with Crippen LogP contribution < -0.4 is 10.2 Å². The Morgan fingerprint density at radius 3 is 2.21 bits per heavy atom. The summed E-state index contributed by atoms with van der Waals surface area (Å²) in [6.45, 7) is 17.7. The van der Waals surface area contributed by atoms with Crippen molar-refractivity contribution in [1.29, 1.82) is 0 Å². The first kappa shape index (κ1) is 33.1. The van der Waals surface area contributed by atoms with E-state index in [1.54, 1.807) is 11.0 Å². The maximum atomic E-state index is 14.7. The highest BCUT2D eigenvalue weighted by Gasteiger charge is 2.43. The molecular formula is C34H50N4O4. The molecule has 1 aliphatic heterocycles. The second kappa shape index (κ2) is 14.2. The lowest BCUT2D eigenvalue weighted by Gasteiger charge is -2.37. The highest BCUT2D eigenvalue weighted by atomic mass is 16.6. The van der Waals surface area contributed by atoms with Gasteiger partial charge in [-0.25, -0.2) is 4.79 Å². The predicted molar refractivity (Wildman–Crippen MR) is 170 cm³/mol. The number of carbonyl (C=O) groups is 3. The third-order valence-corrected chi connectivity index (χ3v) is 7.79. The minimum Gasteiger partial charge on any atom is -0.444 e. The molecule has 1 heterocycles. The first-order valence-corrected chi connectivity index (χ1v) is 15.3. The molecule has 0 radical (unpaired) electrons. The van der Waals surface area contributed by atoms with Crippen LogP contribution in [0.3, 0.4) is 0 Å². The molecule has 2 aliphatic rings. The van der Waals surface area contributed by atoms with Crippen LogP contribution in [0.5, 0.6) is 0 Å². The van der Waals surface area contributed by atoms with Crippen LogP contribution in [0.2, 0.25) is 0 Å². The van der Waals surface area contributed by atoms with Gasteiger partial charge in [0.05, 0.1) is 0 Å². The van der Waals surface area contributed by atoms with Crippen LogP contribution in [0.4, 0.5) is 10.5 Å². The largest absolute Gasteiger partial charge is 0.444 e. The van der Waals surface area contributed by atoms with Gasteiger partial charge in [-0.1, -0.05) is 64.3 Å². The maximum absolute atomic E-state index is 14.7. The third-order valence-electron chi connectivity index (χ3n) is 7.79. The van der Waals surface area contributed by atoms with Crippen LogP contribution >= 0.6 is 0 Å². The van der Waals surface area contributed by atoms with Gasteiger partial charge in [0.25, 0.3) is 5.91 Å². The monoisotopic (exact) mass is 578 g/mol. The molecule has 3 rings (SSSR count). The molecule has 1 saturated heterocycles. The zero-order valence-electron chi connectivity index (χ0n) is 26.6. The number of anilines is 1. The van der Waals surface area contributed by atoms with Crippen LogP contribution in [-0.2, 0) is 19.7 Å². The van der Waals surface area contributed by atoms with Crippen LogP contribution in [-0.4, -0.2) is 59.8 Å². The van der Waals surface area contributed by atoms with Crippen LogP contribution in [0.1, 0.15) is 99.0 Å². The molecule has 8 heteroatoms. The fourth-order valence-electron chi connectivity index (χ4n) is 5.70. The number of hydrogen-bond acceptors (Lipinski definition) is 5. The van der Waals surface area contributed by atoms with Crippen LogP contribution in [0, 0.1) is 0 Å². The van der Waals surface area contributed by atoms with E-state index in [1.807, 2.05) is 58.0 Å². The van der Waals surface area contributed by atoms with E-state index in [1.165, 1.54) is 11.1 Å². The summed E-state index contributed by atoms with van der Waals surface area (Å²) >= 11 is 0. The zero-order valence-corrected chi connectivity index (χ0v) is 26.6. The van der Waals surface area contributed by atoms with Gasteiger partial charge in [0, 0.05) is 30.0 Å². The van der Waals surface area contributed by atoms with Gasteiger partial charge in [0.15, 0.2) is 0 Å². The van der Waals surface area contributed by atoms with Gasteiger partial charge in [0.2, 0.25) is 5.91 Å². The molecule has 0 aromatic heterocycles. The predicted octanol–water partition coefficient (Wildman–Crippen LogP) is 6.69. The number of nitrogens with zero attached hydrogens (tertiary/aromatic N) is 3.